The molecule has 0 N–H and O–H groups in total. The average Bonchev–Trinajstić information content (AvgIpc) is 2.73. The Bertz CT molecular complexity index is 357. The second-order valence-corrected chi connectivity index (χ2v) is 3.86. The number of alkyl halides is 3. The van der Waals surface area contributed by atoms with Crippen molar-refractivity contribution in [2.75, 3.05) is 0 Å². The number of aryl methyl sites for hydroxylation is 1. The Labute approximate surface area is 99.0 Å². The zero-order valence-corrected chi connectivity index (χ0v) is 10.4. The van der Waals surface area contributed by atoms with Crippen LogP contribution >= 0.6 is 0 Å². The molecule has 1 aliphatic heterocycles. The van der Waals surface area contributed by atoms with Crippen molar-refractivity contribution in [2.45, 2.75) is 52.8 Å². The normalized spacial score (nSPS) is 19.3. The van der Waals surface area contributed by atoms with Crippen molar-refractivity contribution in [1.29, 1.82) is 0 Å². The van der Waals surface area contributed by atoms with E-state index in [0.717, 1.165) is 12.8 Å². The van der Waals surface area contributed by atoms with Crippen molar-refractivity contribution in [3.05, 3.63) is 11.6 Å². The van der Waals surface area contributed by atoms with Crippen LogP contribution < -0.4 is 0 Å². The quantitative estimate of drug-likeness (QED) is 0.764. The van der Waals surface area contributed by atoms with Crippen molar-refractivity contribution >= 4 is 0 Å². The topological polar surface area (TPSA) is 30.7 Å². The van der Waals surface area contributed by atoms with Crippen LogP contribution in [0.1, 0.15) is 45.3 Å². The molecule has 1 aliphatic rings. The zero-order chi connectivity index (χ0) is 13.1. The van der Waals surface area contributed by atoms with Gasteiger partial charge in [0.25, 0.3) is 0 Å². The number of rotatable bonds is 1. The van der Waals surface area contributed by atoms with Crippen molar-refractivity contribution < 1.29 is 13.2 Å². The molecule has 98 valence electrons. The van der Waals surface area contributed by atoms with E-state index in [0.29, 0.717) is 24.7 Å². The van der Waals surface area contributed by atoms with Crippen LogP contribution in [0, 0.1) is 5.92 Å². The number of fused-ring (bicyclic) bond motifs is 1. The predicted molar refractivity (Wildman–Crippen MR) is 58.5 cm³/mol. The van der Waals surface area contributed by atoms with E-state index >= 15 is 0 Å². The Hall–Kier alpha value is -1.07. The summed E-state index contributed by atoms with van der Waals surface area (Å²) in [6.07, 6.45) is -1.98. The summed E-state index contributed by atoms with van der Waals surface area (Å²) in [5.74, 6) is -0.0720. The van der Waals surface area contributed by atoms with Gasteiger partial charge in [-0.2, -0.15) is 13.2 Å². The third-order valence-electron chi connectivity index (χ3n) is 2.88. The fourth-order valence-electron chi connectivity index (χ4n) is 1.94. The summed E-state index contributed by atoms with van der Waals surface area (Å²) in [7, 11) is 0. The third kappa shape index (κ3) is 2.98. The van der Waals surface area contributed by atoms with E-state index in [1.807, 2.05) is 20.8 Å². The summed E-state index contributed by atoms with van der Waals surface area (Å²) in [6, 6.07) is 0. The minimum Gasteiger partial charge on any atom is -0.307 e. The lowest BCUT2D eigenvalue weighted by Crippen LogP contribution is -2.24. The molecule has 0 radical (unpaired) electrons. The first-order valence-corrected chi connectivity index (χ1v) is 6.01. The molecule has 1 aromatic heterocycles. The van der Waals surface area contributed by atoms with Crippen LogP contribution in [-0.4, -0.2) is 14.8 Å². The molecular formula is C11H18F3N3. The third-order valence-corrected chi connectivity index (χ3v) is 2.88. The van der Waals surface area contributed by atoms with Crippen LogP contribution in [-0.2, 0) is 19.1 Å². The maximum Gasteiger partial charge on any atom is 0.451 e. The summed E-state index contributed by atoms with van der Waals surface area (Å²) in [5, 5.41) is 6.81. The molecule has 3 nitrogen and oxygen atoms in total. The van der Waals surface area contributed by atoms with Crippen molar-refractivity contribution in [3.63, 3.8) is 0 Å². The fraction of sp³-hybridized carbons (Fsp3) is 0.818. The smallest absolute Gasteiger partial charge is 0.307 e. The Morgan fingerprint density at radius 2 is 1.94 bits per heavy atom. The first kappa shape index (κ1) is 14.0. The highest BCUT2D eigenvalue weighted by molar-refractivity contribution is 5.02. The summed E-state index contributed by atoms with van der Waals surface area (Å²) in [4.78, 5) is 0. The van der Waals surface area contributed by atoms with E-state index < -0.39 is 12.0 Å². The van der Waals surface area contributed by atoms with Gasteiger partial charge in [-0.3, -0.25) is 0 Å². The second-order valence-electron chi connectivity index (χ2n) is 3.86. The molecule has 1 unspecified atom stereocenters. The minimum absolute atomic E-state index is 0.314. The Kier molecular flexibility index (Phi) is 4.54. The van der Waals surface area contributed by atoms with Crippen LogP contribution in [0.15, 0.2) is 0 Å². The number of hydrogen-bond acceptors (Lipinski definition) is 2. The number of halogens is 3. The lowest BCUT2D eigenvalue weighted by molar-refractivity contribution is -0.148. The lowest BCUT2D eigenvalue weighted by Gasteiger charge is -2.23. The number of aromatic nitrogens is 3. The van der Waals surface area contributed by atoms with Gasteiger partial charge in [0.15, 0.2) is 0 Å². The maximum atomic E-state index is 12.5. The Balaban J connectivity index is 0.000000686. The number of hydrogen-bond donors (Lipinski definition) is 0. The van der Waals surface area contributed by atoms with Crippen LogP contribution in [0.25, 0.3) is 0 Å². The molecule has 0 saturated heterocycles. The molecule has 0 spiro atoms. The highest BCUT2D eigenvalue weighted by Crippen LogP contribution is 2.31. The fourth-order valence-corrected chi connectivity index (χ4v) is 1.94. The van der Waals surface area contributed by atoms with Gasteiger partial charge in [0.2, 0.25) is 5.82 Å². The molecule has 0 aromatic carbocycles. The molecule has 2 heterocycles. The predicted octanol–water partition coefficient (Wildman–Crippen LogP) is 3.30. The largest absolute Gasteiger partial charge is 0.451 e. The first-order valence-electron chi connectivity index (χ1n) is 6.01. The Morgan fingerprint density at radius 1 is 1.29 bits per heavy atom. The lowest BCUT2D eigenvalue weighted by atomic mass is 9.97. The molecule has 0 bridgehead atoms. The summed E-state index contributed by atoms with van der Waals surface area (Å²) < 4.78 is 38.8. The van der Waals surface area contributed by atoms with Crippen molar-refractivity contribution in [1.82, 2.24) is 14.8 Å². The van der Waals surface area contributed by atoms with Gasteiger partial charge in [-0.25, -0.2) is 0 Å². The summed E-state index contributed by atoms with van der Waals surface area (Å²) >= 11 is 0. The molecule has 0 aliphatic carbocycles. The highest BCUT2D eigenvalue weighted by atomic mass is 19.4. The maximum absolute atomic E-state index is 12.5. The standard InChI is InChI=1S/C9H12F3N3.C2H6/c1-2-6-3-4-7-13-14-8(9(10,11)12)15(7)5-6;1-2/h6H,2-5H2,1H3;1-2H3. The molecular weight excluding hydrogens is 231 g/mol. The van der Waals surface area contributed by atoms with E-state index in [-0.39, 0.29) is 0 Å². The van der Waals surface area contributed by atoms with Gasteiger partial charge in [0.05, 0.1) is 0 Å². The zero-order valence-electron chi connectivity index (χ0n) is 10.4. The van der Waals surface area contributed by atoms with Gasteiger partial charge in [-0.1, -0.05) is 27.2 Å². The molecule has 0 amide bonds. The van der Waals surface area contributed by atoms with Crippen LogP contribution in [0.4, 0.5) is 13.2 Å². The summed E-state index contributed by atoms with van der Waals surface area (Å²) in [6.45, 7) is 6.39. The van der Waals surface area contributed by atoms with E-state index in [1.165, 1.54) is 4.57 Å². The molecule has 0 fully saturated rings. The average molecular weight is 249 g/mol. The molecule has 2 rings (SSSR count). The molecule has 1 aromatic rings. The summed E-state index contributed by atoms with van der Waals surface area (Å²) in [5.41, 5.74) is 0. The molecule has 17 heavy (non-hydrogen) atoms. The second kappa shape index (κ2) is 5.51. The van der Waals surface area contributed by atoms with E-state index in [2.05, 4.69) is 10.2 Å². The van der Waals surface area contributed by atoms with Gasteiger partial charge < -0.3 is 4.57 Å². The SMILES string of the molecule is CC.CCC1CCc2nnc(C(F)(F)F)n2C1. The van der Waals surface area contributed by atoms with Gasteiger partial charge in [0.1, 0.15) is 5.82 Å². The van der Waals surface area contributed by atoms with E-state index in [1.54, 1.807) is 0 Å². The molecule has 1 atom stereocenters. The van der Waals surface area contributed by atoms with Gasteiger partial charge in [-0.05, 0) is 12.3 Å². The van der Waals surface area contributed by atoms with Crippen LogP contribution in [0.3, 0.4) is 0 Å². The van der Waals surface area contributed by atoms with Crippen LogP contribution in [0.5, 0.6) is 0 Å². The van der Waals surface area contributed by atoms with Gasteiger partial charge in [-0.15, -0.1) is 10.2 Å². The van der Waals surface area contributed by atoms with E-state index in [9.17, 15) is 13.2 Å². The molecule has 0 saturated carbocycles. The first-order chi connectivity index (χ1) is 8.02. The number of nitrogens with zero attached hydrogens (tertiary/aromatic N) is 3. The van der Waals surface area contributed by atoms with Gasteiger partial charge in [0, 0.05) is 13.0 Å². The van der Waals surface area contributed by atoms with Crippen LogP contribution in [0.2, 0.25) is 0 Å². The van der Waals surface area contributed by atoms with Crippen molar-refractivity contribution in [2.24, 2.45) is 5.92 Å². The molecule has 6 heteroatoms. The Morgan fingerprint density at radius 3 is 2.47 bits per heavy atom. The van der Waals surface area contributed by atoms with E-state index in [4.69, 9.17) is 0 Å². The highest BCUT2D eigenvalue weighted by Gasteiger charge is 2.39. The minimum atomic E-state index is -4.39. The van der Waals surface area contributed by atoms with Gasteiger partial charge >= 0.3 is 6.18 Å². The monoisotopic (exact) mass is 249 g/mol. The van der Waals surface area contributed by atoms with Crippen molar-refractivity contribution in [3.8, 4) is 0 Å².